The number of hydrogen-bond donors (Lipinski definition) is 2. The number of aromatic nitrogens is 3. The second-order valence-corrected chi connectivity index (χ2v) is 8.10. The highest BCUT2D eigenvalue weighted by Crippen LogP contribution is 2.22. The molecule has 0 aliphatic carbocycles. The van der Waals surface area contributed by atoms with Crippen molar-refractivity contribution in [3.05, 3.63) is 65.5 Å². The summed E-state index contributed by atoms with van der Waals surface area (Å²) in [6, 6.07) is 14.2. The summed E-state index contributed by atoms with van der Waals surface area (Å²) in [5.41, 5.74) is 2.24. The third-order valence-electron chi connectivity index (χ3n) is 4.89. The zero-order chi connectivity index (χ0) is 23.1. The van der Waals surface area contributed by atoms with Gasteiger partial charge < -0.3 is 19.9 Å². The molecule has 2 amide bonds. The van der Waals surface area contributed by atoms with E-state index in [1.165, 1.54) is 11.8 Å². The van der Waals surface area contributed by atoms with Crippen LogP contribution in [-0.2, 0) is 11.3 Å². The second-order valence-electron chi connectivity index (χ2n) is 7.16. The van der Waals surface area contributed by atoms with Crippen molar-refractivity contribution in [3.63, 3.8) is 0 Å². The molecule has 0 aliphatic heterocycles. The number of nitrogens with one attached hydrogen (secondary N) is 2. The van der Waals surface area contributed by atoms with Crippen LogP contribution in [0.1, 0.15) is 41.6 Å². The number of nitrogens with zero attached hydrogens (tertiary/aromatic N) is 3. The Labute approximate surface area is 191 Å². The molecule has 1 heterocycles. The van der Waals surface area contributed by atoms with E-state index in [1.54, 1.807) is 37.4 Å². The molecule has 0 unspecified atom stereocenters. The lowest BCUT2D eigenvalue weighted by Crippen LogP contribution is -2.29. The zero-order valence-corrected chi connectivity index (χ0v) is 19.4. The normalized spacial score (nSPS) is 11.6. The molecule has 0 fully saturated rings. The number of thioether (sulfide) groups is 1. The monoisotopic (exact) mass is 453 g/mol. The molecule has 32 heavy (non-hydrogen) atoms. The predicted molar refractivity (Wildman–Crippen MR) is 125 cm³/mol. The van der Waals surface area contributed by atoms with Gasteiger partial charge in [-0.05, 0) is 56.7 Å². The van der Waals surface area contributed by atoms with Crippen LogP contribution >= 0.6 is 11.8 Å². The molecule has 0 spiro atoms. The van der Waals surface area contributed by atoms with Gasteiger partial charge in [0.25, 0.3) is 5.91 Å². The van der Waals surface area contributed by atoms with Crippen molar-refractivity contribution in [1.82, 2.24) is 20.1 Å². The lowest BCUT2D eigenvalue weighted by Gasteiger charge is -2.16. The summed E-state index contributed by atoms with van der Waals surface area (Å²) in [5.74, 6) is 1.26. The molecule has 0 radical (unpaired) electrons. The first-order valence-electron chi connectivity index (χ1n) is 10.3. The van der Waals surface area contributed by atoms with Gasteiger partial charge in [-0.1, -0.05) is 30.0 Å². The maximum absolute atomic E-state index is 12.7. The Morgan fingerprint density at radius 2 is 1.84 bits per heavy atom. The van der Waals surface area contributed by atoms with Crippen LogP contribution in [0.2, 0.25) is 0 Å². The van der Waals surface area contributed by atoms with Gasteiger partial charge in [0.1, 0.15) is 5.75 Å². The van der Waals surface area contributed by atoms with Crippen LogP contribution in [0.15, 0.2) is 53.7 Å². The largest absolute Gasteiger partial charge is 0.497 e. The first kappa shape index (κ1) is 23.3. The van der Waals surface area contributed by atoms with Gasteiger partial charge in [-0.25, -0.2) is 0 Å². The van der Waals surface area contributed by atoms with E-state index >= 15 is 0 Å². The summed E-state index contributed by atoms with van der Waals surface area (Å²) in [6.07, 6.45) is 0. The molecule has 2 aromatic carbocycles. The van der Waals surface area contributed by atoms with Gasteiger partial charge in [0.15, 0.2) is 11.0 Å². The highest BCUT2D eigenvalue weighted by atomic mass is 32.2. The van der Waals surface area contributed by atoms with E-state index < -0.39 is 0 Å². The highest BCUT2D eigenvalue weighted by molar-refractivity contribution is 7.99. The van der Waals surface area contributed by atoms with Gasteiger partial charge in [-0.15, -0.1) is 10.2 Å². The summed E-state index contributed by atoms with van der Waals surface area (Å²) in [4.78, 5) is 25.0. The molecule has 1 atom stereocenters. The van der Waals surface area contributed by atoms with Gasteiger partial charge in [-0.3, -0.25) is 9.59 Å². The summed E-state index contributed by atoms with van der Waals surface area (Å²) in [5, 5.41) is 15.0. The van der Waals surface area contributed by atoms with E-state index in [0.717, 1.165) is 11.3 Å². The van der Waals surface area contributed by atoms with Crippen LogP contribution in [0.4, 0.5) is 5.69 Å². The van der Waals surface area contributed by atoms with Crippen LogP contribution in [0.3, 0.4) is 0 Å². The van der Waals surface area contributed by atoms with Crippen LogP contribution in [0.5, 0.6) is 5.75 Å². The molecule has 3 aromatic rings. The lowest BCUT2D eigenvalue weighted by atomic mass is 10.1. The van der Waals surface area contributed by atoms with E-state index in [9.17, 15) is 9.59 Å². The number of amides is 2. The van der Waals surface area contributed by atoms with Crippen LogP contribution < -0.4 is 15.4 Å². The lowest BCUT2D eigenvalue weighted by molar-refractivity contribution is -0.113. The third-order valence-corrected chi connectivity index (χ3v) is 5.86. The number of aryl methyl sites for hydroxylation is 1. The topological polar surface area (TPSA) is 98.1 Å². The fourth-order valence-electron chi connectivity index (χ4n) is 3.19. The van der Waals surface area contributed by atoms with Crippen molar-refractivity contribution in [3.8, 4) is 5.75 Å². The fourth-order valence-corrected chi connectivity index (χ4v) is 4.00. The Balaban J connectivity index is 1.61. The van der Waals surface area contributed by atoms with E-state index in [-0.39, 0.29) is 23.6 Å². The van der Waals surface area contributed by atoms with Crippen molar-refractivity contribution in [1.29, 1.82) is 0 Å². The standard InChI is InChI=1S/C23H27N5O3S/c1-5-28-21(16(3)24-22(30)19-9-7-6-8-15(19)2)26-27-23(28)32-14-20(29)25-17-10-12-18(31-4)13-11-17/h6-13,16H,5,14H2,1-4H3,(H,24,30)(H,25,29)/t16-/m1/s1. The Bertz CT molecular complexity index is 1080. The second kappa shape index (κ2) is 10.8. The molecule has 0 aliphatic rings. The van der Waals surface area contributed by atoms with Gasteiger partial charge >= 0.3 is 0 Å². The summed E-state index contributed by atoms with van der Waals surface area (Å²) in [7, 11) is 1.59. The van der Waals surface area contributed by atoms with Crippen LogP contribution in [0.25, 0.3) is 0 Å². The molecule has 2 N–H and O–H groups in total. The molecule has 3 rings (SSSR count). The summed E-state index contributed by atoms with van der Waals surface area (Å²) in [6.45, 7) is 6.37. The Hall–Kier alpha value is -3.33. The molecule has 0 bridgehead atoms. The minimum absolute atomic E-state index is 0.145. The minimum atomic E-state index is -0.336. The minimum Gasteiger partial charge on any atom is -0.497 e. The smallest absolute Gasteiger partial charge is 0.252 e. The van der Waals surface area contributed by atoms with Crippen LogP contribution in [0, 0.1) is 6.92 Å². The molecule has 0 saturated heterocycles. The Kier molecular flexibility index (Phi) is 7.88. The molecule has 0 saturated carbocycles. The average Bonchev–Trinajstić information content (AvgIpc) is 3.21. The molecule has 1 aromatic heterocycles. The molecular weight excluding hydrogens is 426 g/mol. The van der Waals surface area contributed by atoms with Crippen molar-refractivity contribution in [2.45, 2.75) is 38.5 Å². The number of ether oxygens (including phenoxy) is 1. The number of carbonyl (C=O) groups is 2. The number of hydrogen-bond acceptors (Lipinski definition) is 6. The van der Waals surface area contributed by atoms with Crippen molar-refractivity contribution in [2.75, 3.05) is 18.2 Å². The number of benzene rings is 2. The van der Waals surface area contributed by atoms with E-state index in [0.29, 0.717) is 28.8 Å². The first-order valence-corrected chi connectivity index (χ1v) is 11.3. The number of anilines is 1. The SMILES string of the molecule is CCn1c(SCC(=O)Nc2ccc(OC)cc2)nnc1[C@@H](C)NC(=O)c1ccccc1C. The zero-order valence-electron chi connectivity index (χ0n) is 18.6. The van der Waals surface area contributed by atoms with E-state index in [1.807, 2.05) is 43.5 Å². The average molecular weight is 454 g/mol. The Morgan fingerprint density at radius 1 is 1.12 bits per heavy atom. The number of methoxy groups -OCH3 is 1. The maximum Gasteiger partial charge on any atom is 0.252 e. The molecule has 168 valence electrons. The fraction of sp³-hybridized carbons (Fsp3) is 0.304. The maximum atomic E-state index is 12.7. The van der Waals surface area contributed by atoms with Gasteiger partial charge in [0, 0.05) is 17.8 Å². The van der Waals surface area contributed by atoms with E-state index in [2.05, 4.69) is 20.8 Å². The van der Waals surface area contributed by atoms with Crippen molar-refractivity contribution < 1.29 is 14.3 Å². The van der Waals surface area contributed by atoms with Gasteiger partial charge in [0.05, 0.1) is 18.9 Å². The van der Waals surface area contributed by atoms with Crippen molar-refractivity contribution in [2.24, 2.45) is 0 Å². The van der Waals surface area contributed by atoms with Crippen molar-refractivity contribution >= 4 is 29.3 Å². The first-order chi connectivity index (χ1) is 15.4. The molecular formula is C23H27N5O3S. The molecule has 9 heteroatoms. The van der Waals surface area contributed by atoms with Gasteiger partial charge in [0.2, 0.25) is 5.91 Å². The molecule has 8 nitrogen and oxygen atoms in total. The third kappa shape index (κ3) is 5.67. The highest BCUT2D eigenvalue weighted by Gasteiger charge is 2.20. The number of carbonyl (C=O) groups excluding carboxylic acids is 2. The number of rotatable bonds is 9. The predicted octanol–water partition coefficient (Wildman–Crippen LogP) is 3.84. The van der Waals surface area contributed by atoms with Crippen LogP contribution in [-0.4, -0.2) is 39.4 Å². The summed E-state index contributed by atoms with van der Waals surface area (Å²) < 4.78 is 7.03. The Morgan fingerprint density at radius 3 is 2.50 bits per heavy atom. The van der Waals surface area contributed by atoms with E-state index in [4.69, 9.17) is 4.74 Å². The van der Waals surface area contributed by atoms with Gasteiger partial charge in [-0.2, -0.15) is 0 Å². The quantitative estimate of drug-likeness (QED) is 0.478. The summed E-state index contributed by atoms with van der Waals surface area (Å²) >= 11 is 1.30.